The Morgan fingerprint density at radius 3 is 2.08 bits per heavy atom. The largest absolute Gasteiger partial charge is 0.350 e. The van der Waals surface area contributed by atoms with Crippen LogP contribution in [0.2, 0.25) is 0 Å². The molecule has 0 aromatic carbocycles. The first-order valence-electron chi connectivity index (χ1n) is 9.41. The van der Waals surface area contributed by atoms with E-state index >= 15 is 0 Å². The van der Waals surface area contributed by atoms with Crippen molar-refractivity contribution in [2.45, 2.75) is 65.3 Å². The van der Waals surface area contributed by atoms with Crippen LogP contribution in [0.4, 0.5) is 0 Å². The summed E-state index contributed by atoms with van der Waals surface area (Å²) < 4.78 is 32.0. The molecule has 0 bridgehead atoms. The fourth-order valence-corrected chi connectivity index (χ4v) is 3.58. The van der Waals surface area contributed by atoms with E-state index in [9.17, 15) is 13.2 Å². The molecular formula is C18H37N2O4S+. The molecule has 1 atom stereocenters. The highest BCUT2D eigenvalue weighted by molar-refractivity contribution is 7.85. The number of hydrogen-bond donors (Lipinski definition) is 2. The van der Waals surface area contributed by atoms with Crippen LogP contribution in [0.25, 0.3) is 0 Å². The Kier molecular flexibility index (Phi) is 12.0. The lowest BCUT2D eigenvalue weighted by molar-refractivity contribution is -0.929. The number of quaternary nitrogens is 1. The zero-order chi connectivity index (χ0) is 19.3. The van der Waals surface area contributed by atoms with Gasteiger partial charge in [-0.3, -0.25) is 9.35 Å². The van der Waals surface area contributed by atoms with Crippen LogP contribution in [0.1, 0.15) is 59.3 Å². The van der Waals surface area contributed by atoms with E-state index in [1.807, 2.05) is 6.92 Å². The molecule has 0 fully saturated rings. The quantitative estimate of drug-likeness (QED) is 0.261. The Labute approximate surface area is 154 Å². The molecular weight excluding hydrogens is 340 g/mol. The first kappa shape index (κ1) is 24.1. The predicted octanol–water partition coefficient (Wildman–Crippen LogP) is 2.76. The first-order chi connectivity index (χ1) is 11.7. The van der Waals surface area contributed by atoms with Crippen molar-refractivity contribution < 1.29 is 22.2 Å². The monoisotopic (exact) mass is 377 g/mol. The normalized spacial score (nSPS) is 13.4. The molecule has 0 saturated heterocycles. The standard InChI is InChI=1S/C18H36N2O4S/c1-5-8-12-20(13-9-6-2,14-10-16-25(22,23)24)15-11-17(4)19-18(21)7-3/h7,17H,3,5-6,8-16H2,1-2,4H3,(H-,19,21,22,23,24)/p+1. The Morgan fingerprint density at radius 2 is 1.64 bits per heavy atom. The van der Waals surface area contributed by atoms with Crippen molar-refractivity contribution in [1.82, 2.24) is 5.32 Å². The molecule has 0 aliphatic heterocycles. The summed E-state index contributed by atoms with van der Waals surface area (Å²) in [5, 5.41) is 2.89. The molecule has 6 nitrogen and oxygen atoms in total. The number of carbonyl (C=O) groups is 1. The van der Waals surface area contributed by atoms with Gasteiger partial charge in [0.15, 0.2) is 0 Å². The topological polar surface area (TPSA) is 83.5 Å². The molecule has 0 heterocycles. The van der Waals surface area contributed by atoms with Gasteiger partial charge < -0.3 is 9.80 Å². The molecule has 1 amide bonds. The molecule has 1 unspecified atom stereocenters. The summed E-state index contributed by atoms with van der Waals surface area (Å²) in [7, 11) is -3.92. The van der Waals surface area contributed by atoms with Crippen molar-refractivity contribution in [3.8, 4) is 0 Å². The van der Waals surface area contributed by atoms with Crippen molar-refractivity contribution in [3.63, 3.8) is 0 Å². The maximum absolute atomic E-state index is 11.4. The summed E-state index contributed by atoms with van der Waals surface area (Å²) in [5.41, 5.74) is 0. The number of rotatable bonds is 15. The van der Waals surface area contributed by atoms with E-state index in [4.69, 9.17) is 4.55 Å². The van der Waals surface area contributed by atoms with Crippen molar-refractivity contribution in [2.75, 3.05) is 31.9 Å². The van der Waals surface area contributed by atoms with E-state index in [0.717, 1.165) is 62.8 Å². The number of nitrogens with zero attached hydrogens (tertiary/aromatic N) is 1. The van der Waals surface area contributed by atoms with Gasteiger partial charge in [0, 0.05) is 18.9 Å². The summed E-state index contributed by atoms with van der Waals surface area (Å²) in [6.07, 6.45) is 6.92. The molecule has 0 spiro atoms. The molecule has 0 radical (unpaired) electrons. The number of amides is 1. The molecule has 25 heavy (non-hydrogen) atoms. The van der Waals surface area contributed by atoms with Crippen molar-refractivity contribution in [1.29, 1.82) is 0 Å². The van der Waals surface area contributed by atoms with Crippen LogP contribution in [-0.4, -0.2) is 61.3 Å². The Morgan fingerprint density at radius 1 is 1.12 bits per heavy atom. The van der Waals surface area contributed by atoms with E-state index in [0.29, 0.717) is 6.42 Å². The van der Waals surface area contributed by atoms with Gasteiger partial charge in [0.05, 0.1) is 31.9 Å². The third kappa shape index (κ3) is 12.1. The summed E-state index contributed by atoms with van der Waals surface area (Å²) >= 11 is 0. The third-order valence-corrected chi connectivity index (χ3v) is 5.42. The lowest BCUT2D eigenvalue weighted by atomic mass is 10.1. The Balaban J connectivity index is 4.95. The fraction of sp³-hybridized carbons (Fsp3) is 0.833. The minimum Gasteiger partial charge on any atom is -0.350 e. The average molecular weight is 378 g/mol. The van der Waals surface area contributed by atoms with E-state index in [1.54, 1.807) is 0 Å². The fourth-order valence-electron chi connectivity index (χ4n) is 3.08. The van der Waals surface area contributed by atoms with Crippen LogP contribution in [-0.2, 0) is 14.9 Å². The van der Waals surface area contributed by atoms with Crippen molar-refractivity contribution >= 4 is 16.0 Å². The second kappa shape index (κ2) is 12.4. The highest BCUT2D eigenvalue weighted by Gasteiger charge is 2.27. The molecule has 2 N–H and O–H groups in total. The van der Waals surface area contributed by atoms with Crippen LogP contribution < -0.4 is 5.32 Å². The number of hydrogen-bond acceptors (Lipinski definition) is 3. The molecule has 0 aliphatic rings. The SMILES string of the molecule is C=CC(=O)NC(C)CC[N+](CCCC)(CCCC)CCCS(=O)(=O)O. The minimum absolute atomic E-state index is 0.0489. The zero-order valence-electron chi connectivity index (χ0n) is 16.2. The molecule has 148 valence electrons. The van der Waals surface area contributed by atoms with Crippen LogP contribution in [0, 0.1) is 0 Å². The summed E-state index contributed by atoms with van der Waals surface area (Å²) in [5.74, 6) is -0.354. The summed E-state index contributed by atoms with van der Waals surface area (Å²) in [6, 6.07) is 0.0489. The van der Waals surface area contributed by atoms with Gasteiger partial charge in [-0.15, -0.1) is 0 Å². The van der Waals surface area contributed by atoms with Gasteiger partial charge in [-0.25, -0.2) is 0 Å². The molecule has 7 heteroatoms. The highest BCUT2D eigenvalue weighted by atomic mass is 32.2. The van der Waals surface area contributed by atoms with Crippen LogP contribution >= 0.6 is 0 Å². The smallest absolute Gasteiger partial charge is 0.265 e. The van der Waals surface area contributed by atoms with Gasteiger partial charge in [0.1, 0.15) is 0 Å². The van der Waals surface area contributed by atoms with Gasteiger partial charge in [-0.05, 0) is 25.8 Å². The van der Waals surface area contributed by atoms with Gasteiger partial charge in [-0.2, -0.15) is 8.42 Å². The maximum Gasteiger partial charge on any atom is 0.265 e. The average Bonchev–Trinajstić information content (AvgIpc) is 2.54. The molecule has 0 aromatic heterocycles. The van der Waals surface area contributed by atoms with Crippen molar-refractivity contribution in [3.05, 3.63) is 12.7 Å². The maximum atomic E-state index is 11.4. The number of unbranched alkanes of at least 4 members (excludes halogenated alkanes) is 2. The highest BCUT2D eigenvalue weighted by Crippen LogP contribution is 2.16. The second-order valence-corrected chi connectivity index (χ2v) is 8.56. The van der Waals surface area contributed by atoms with Crippen LogP contribution in [0.15, 0.2) is 12.7 Å². The van der Waals surface area contributed by atoms with Gasteiger partial charge in [-0.1, -0.05) is 33.3 Å². The lowest BCUT2D eigenvalue weighted by Crippen LogP contribution is -2.52. The summed E-state index contributed by atoms with van der Waals surface area (Å²) in [6.45, 7) is 13.4. The number of nitrogens with one attached hydrogen (secondary N) is 1. The zero-order valence-corrected chi connectivity index (χ0v) is 17.0. The van der Waals surface area contributed by atoms with Crippen molar-refractivity contribution in [2.24, 2.45) is 0 Å². The van der Waals surface area contributed by atoms with Gasteiger partial charge >= 0.3 is 0 Å². The Bertz CT molecular complexity index is 483. The Hall–Kier alpha value is -0.920. The third-order valence-electron chi connectivity index (χ3n) is 4.62. The number of carbonyl (C=O) groups excluding carboxylic acids is 1. The van der Waals surface area contributed by atoms with E-state index in [1.165, 1.54) is 6.08 Å². The van der Waals surface area contributed by atoms with Crippen LogP contribution in [0.3, 0.4) is 0 Å². The molecule has 0 aliphatic carbocycles. The van der Waals surface area contributed by atoms with E-state index in [-0.39, 0.29) is 17.7 Å². The minimum atomic E-state index is -3.92. The summed E-state index contributed by atoms with van der Waals surface area (Å²) in [4.78, 5) is 11.4. The lowest BCUT2D eigenvalue weighted by Gasteiger charge is -2.40. The predicted molar refractivity (Wildman–Crippen MR) is 103 cm³/mol. The van der Waals surface area contributed by atoms with Crippen LogP contribution in [0.5, 0.6) is 0 Å². The van der Waals surface area contributed by atoms with E-state index < -0.39 is 10.1 Å². The van der Waals surface area contributed by atoms with E-state index in [2.05, 4.69) is 25.7 Å². The second-order valence-electron chi connectivity index (χ2n) is 6.99. The first-order valence-corrected chi connectivity index (χ1v) is 11.0. The molecule has 0 saturated carbocycles. The van der Waals surface area contributed by atoms with Gasteiger partial charge in [0.2, 0.25) is 5.91 Å². The molecule has 0 aromatic rings. The van der Waals surface area contributed by atoms with Gasteiger partial charge in [0.25, 0.3) is 10.1 Å². The molecule has 0 rings (SSSR count).